The third-order valence-electron chi connectivity index (χ3n) is 7.08. The van der Waals surface area contributed by atoms with Crippen molar-refractivity contribution in [3.05, 3.63) is 64.2 Å². The Balaban J connectivity index is 1.43. The SMILES string of the molecule is O=C([C@H]1Cc2cc(C(F)(F)F)ccc2N2CCN(Cc3ccc(Cl)cc3)C[C@H]12)N1CCOCC1. The third kappa shape index (κ3) is 4.76. The van der Waals surface area contributed by atoms with Gasteiger partial charge in [0.15, 0.2) is 0 Å². The summed E-state index contributed by atoms with van der Waals surface area (Å²) in [6.07, 6.45) is -4.10. The van der Waals surface area contributed by atoms with Gasteiger partial charge in [0.25, 0.3) is 0 Å². The summed E-state index contributed by atoms with van der Waals surface area (Å²) in [6.45, 7) is 4.85. The summed E-state index contributed by atoms with van der Waals surface area (Å²) in [5.74, 6) is -0.392. The van der Waals surface area contributed by atoms with E-state index in [1.807, 2.05) is 29.2 Å². The molecule has 2 aromatic rings. The predicted octanol–water partition coefficient (Wildman–Crippen LogP) is 4.08. The first kappa shape index (κ1) is 23.5. The van der Waals surface area contributed by atoms with E-state index in [1.54, 1.807) is 6.07 Å². The Labute approximate surface area is 202 Å². The second-order valence-corrected chi connectivity index (χ2v) is 9.65. The van der Waals surface area contributed by atoms with Gasteiger partial charge in [-0.05, 0) is 47.9 Å². The smallest absolute Gasteiger partial charge is 0.378 e. The van der Waals surface area contributed by atoms with Crippen molar-refractivity contribution < 1.29 is 22.7 Å². The van der Waals surface area contributed by atoms with Gasteiger partial charge in [0.1, 0.15) is 0 Å². The third-order valence-corrected chi connectivity index (χ3v) is 7.33. The molecule has 0 spiro atoms. The number of halogens is 4. The molecule has 0 bridgehead atoms. The van der Waals surface area contributed by atoms with Gasteiger partial charge in [0.05, 0.1) is 30.7 Å². The Kier molecular flexibility index (Phi) is 6.48. The van der Waals surface area contributed by atoms with Gasteiger partial charge in [-0.3, -0.25) is 9.69 Å². The lowest BCUT2D eigenvalue weighted by molar-refractivity contribution is -0.141. The second kappa shape index (κ2) is 9.40. The van der Waals surface area contributed by atoms with E-state index in [2.05, 4.69) is 9.80 Å². The van der Waals surface area contributed by atoms with Gasteiger partial charge in [0.2, 0.25) is 5.91 Å². The van der Waals surface area contributed by atoms with E-state index in [0.717, 1.165) is 30.4 Å². The molecular weight excluding hydrogens is 467 g/mol. The lowest BCUT2D eigenvalue weighted by atomic mass is 9.82. The van der Waals surface area contributed by atoms with Gasteiger partial charge in [0, 0.05) is 50.0 Å². The molecule has 0 unspecified atom stereocenters. The van der Waals surface area contributed by atoms with Gasteiger partial charge < -0.3 is 14.5 Å². The number of amides is 1. The van der Waals surface area contributed by atoms with Crippen LogP contribution < -0.4 is 4.90 Å². The summed E-state index contributed by atoms with van der Waals surface area (Å²) in [4.78, 5) is 19.9. The Bertz CT molecular complexity index is 1040. The van der Waals surface area contributed by atoms with Crippen LogP contribution in [0.1, 0.15) is 16.7 Å². The molecule has 5 rings (SSSR count). The largest absolute Gasteiger partial charge is 0.416 e. The van der Waals surface area contributed by atoms with Crippen molar-refractivity contribution in [2.75, 3.05) is 50.8 Å². The van der Waals surface area contributed by atoms with Crippen molar-refractivity contribution in [3.8, 4) is 0 Å². The highest BCUT2D eigenvalue weighted by Gasteiger charge is 2.44. The zero-order valence-corrected chi connectivity index (χ0v) is 19.5. The monoisotopic (exact) mass is 493 g/mol. The van der Waals surface area contributed by atoms with Gasteiger partial charge in [-0.25, -0.2) is 0 Å². The quantitative estimate of drug-likeness (QED) is 0.645. The van der Waals surface area contributed by atoms with Gasteiger partial charge in [-0.1, -0.05) is 23.7 Å². The number of benzene rings is 2. The Morgan fingerprint density at radius 1 is 1.03 bits per heavy atom. The molecule has 1 amide bonds. The maximum atomic E-state index is 13.6. The highest BCUT2D eigenvalue weighted by atomic mass is 35.5. The van der Waals surface area contributed by atoms with Crippen molar-refractivity contribution in [1.29, 1.82) is 0 Å². The van der Waals surface area contributed by atoms with E-state index >= 15 is 0 Å². The second-order valence-electron chi connectivity index (χ2n) is 9.21. The Morgan fingerprint density at radius 3 is 2.47 bits per heavy atom. The highest BCUT2D eigenvalue weighted by molar-refractivity contribution is 6.30. The number of anilines is 1. The van der Waals surface area contributed by atoms with E-state index in [9.17, 15) is 18.0 Å². The summed E-state index contributed by atoms with van der Waals surface area (Å²) in [5, 5.41) is 0.687. The minimum absolute atomic E-state index is 0.00899. The lowest BCUT2D eigenvalue weighted by Gasteiger charge is -2.50. The van der Waals surface area contributed by atoms with Crippen molar-refractivity contribution in [2.24, 2.45) is 5.92 Å². The molecule has 2 fully saturated rings. The van der Waals surface area contributed by atoms with Crippen LogP contribution in [0.3, 0.4) is 0 Å². The average Bonchev–Trinajstić information content (AvgIpc) is 2.84. The van der Waals surface area contributed by atoms with Crippen LogP contribution in [0.2, 0.25) is 5.02 Å². The van der Waals surface area contributed by atoms with Crippen molar-refractivity contribution in [3.63, 3.8) is 0 Å². The van der Waals surface area contributed by atoms with Crippen LogP contribution in [-0.2, 0) is 28.7 Å². The van der Waals surface area contributed by atoms with Crippen molar-refractivity contribution in [1.82, 2.24) is 9.80 Å². The molecule has 9 heteroatoms. The first-order chi connectivity index (χ1) is 16.3. The molecule has 34 heavy (non-hydrogen) atoms. The number of hydrogen-bond donors (Lipinski definition) is 0. The number of nitrogens with zero attached hydrogens (tertiary/aromatic N) is 3. The number of carbonyl (C=O) groups excluding carboxylic acids is 1. The van der Waals surface area contributed by atoms with E-state index < -0.39 is 17.7 Å². The van der Waals surface area contributed by atoms with Crippen LogP contribution in [0.4, 0.5) is 18.9 Å². The van der Waals surface area contributed by atoms with Crippen LogP contribution in [0.25, 0.3) is 0 Å². The minimum atomic E-state index is -4.41. The van der Waals surface area contributed by atoms with Gasteiger partial charge in [-0.15, -0.1) is 0 Å². The molecule has 2 aromatic carbocycles. The molecule has 2 atom stereocenters. The molecule has 0 aliphatic carbocycles. The molecule has 2 saturated heterocycles. The number of rotatable bonds is 3. The molecule has 5 nitrogen and oxygen atoms in total. The molecule has 0 N–H and O–H groups in total. The number of alkyl halides is 3. The summed E-state index contributed by atoms with van der Waals surface area (Å²) in [5.41, 5.74) is 1.89. The number of piperazine rings is 1. The maximum Gasteiger partial charge on any atom is 0.416 e. The van der Waals surface area contributed by atoms with Crippen LogP contribution >= 0.6 is 11.6 Å². The summed E-state index contributed by atoms with van der Waals surface area (Å²) >= 11 is 6.02. The number of ether oxygens (including phenoxy) is 1. The minimum Gasteiger partial charge on any atom is -0.378 e. The molecule has 3 heterocycles. The van der Waals surface area contributed by atoms with Gasteiger partial charge >= 0.3 is 6.18 Å². The molecule has 0 radical (unpaired) electrons. The van der Waals surface area contributed by atoms with Gasteiger partial charge in [-0.2, -0.15) is 13.2 Å². The lowest BCUT2D eigenvalue weighted by Crippen LogP contribution is -2.61. The molecule has 3 aliphatic heterocycles. The van der Waals surface area contributed by atoms with Crippen molar-refractivity contribution >= 4 is 23.2 Å². The summed E-state index contributed by atoms with van der Waals surface area (Å²) in [7, 11) is 0. The molecule has 182 valence electrons. The van der Waals surface area contributed by atoms with Crippen LogP contribution in [0.15, 0.2) is 42.5 Å². The fraction of sp³-hybridized carbons (Fsp3) is 0.480. The molecule has 3 aliphatic rings. The van der Waals surface area contributed by atoms with Crippen molar-refractivity contribution in [2.45, 2.75) is 25.2 Å². The fourth-order valence-electron chi connectivity index (χ4n) is 5.35. The van der Waals surface area contributed by atoms with E-state index in [1.165, 1.54) is 6.07 Å². The number of fused-ring (bicyclic) bond motifs is 3. The Morgan fingerprint density at radius 2 is 1.76 bits per heavy atom. The maximum absolute atomic E-state index is 13.6. The summed E-state index contributed by atoms with van der Waals surface area (Å²) in [6, 6.07) is 11.6. The average molecular weight is 494 g/mol. The summed E-state index contributed by atoms with van der Waals surface area (Å²) < 4.78 is 45.6. The van der Waals surface area contributed by atoms with Crippen LogP contribution in [0.5, 0.6) is 0 Å². The molecule has 0 aromatic heterocycles. The van der Waals surface area contributed by atoms with Crippen LogP contribution in [0, 0.1) is 5.92 Å². The zero-order chi connectivity index (χ0) is 23.9. The molecular formula is C25H27ClF3N3O2. The van der Waals surface area contributed by atoms with Crippen LogP contribution in [-0.4, -0.2) is 67.7 Å². The predicted molar refractivity (Wildman–Crippen MR) is 124 cm³/mol. The standard InChI is InChI=1S/C25H27ClF3N3O2/c26-20-4-1-17(2-5-20)15-30-7-8-32-22-6-3-19(25(27,28)29)13-18(22)14-21(23(32)16-30)24(33)31-9-11-34-12-10-31/h1-6,13,21,23H,7-12,14-16H2/t21-,23+/m0/s1. The Hall–Kier alpha value is -2.29. The van der Waals surface area contributed by atoms with E-state index in [4.69, 9.17) is 16.3 Å². The number of carbonyl (C=O) groups is 1. The topological polar surface area (TPSA) is 36.0 Å². The van der Waals surface area contributed by atoms with E-state index in [0.29, 0.717) is 56.4 Å². The normalized spacial score (nSPS) is 23.4. The first-order valence-corrected chi connectivity index (χ1v) is 12.0. The zero-order valence-electron chi connectivity index (χ0n) is 18.7. The highest BCUT2D eigenvalue weighted by Crippen LogP contribution is 2.40. The molecule has 0 saturated carbocycles. The fourth-order valence-corrected chi connectivity index (χ4v) is 5.48. The van der Waals surface area contributed by atoms with E-state index in [-0.39, 0.29) is 11.9 Å². The number of morpholine rings is 1. The number of hydrogen-bond acceptors (Lipinski definition) is 4. The first-order valence-electron chi connectivity index (χ1n) is 11.6.